The zero-order valence-electron chi connectivity index (χ0n) is 19.0. The van der Waals surface area contributed by atoms with Crippen molar-refractivity contribution in [3.63, 3.8) is 0 Å². The summed E-state index contributed by atoms with van der Waals surface area (Å²) >= 11 is 0. The van der Waals surface area contributed by atoms with Gasteiger partial charge >= 0.3 is 5.97 Å². The first-order chi connectivity index (χ1) is 13.4. The highest BCUT2D eigenvalue weighted by Gasteiger charge is 2.23. The molecule has 0 aromatic carbocycles. The fourth-order valence-corrected chi connectivity index (χ4v) is 3.53. The maximum Gasteiger partial charge on any atom is 0.309 e. The normalized spacial score (nSPS) is 16.4. The summed E-state index contributed by atoms with van der Waals surface area (Å²) < 4.78 is 5.40. The molecule has 1 aliphatic rings. The van der Waals surface area contributed by atoms with Gasteiger partial charge in [-0.25, -0.2) is 0 Å². The lowest BCUT2D eigenvalue weighted by Crippen LogP contribution is -2.14. The summed E-state index contributed by atoms with van der Waals surface area (Å²) in [5, 5.41) is 0. The van der Waals surface area contributed by atoms with Crippen LogP contribution in [0.15, 0.2) is 46.6 Å². The zero-order chi connectivity index (χ0) is 20.8. The minimum atomic E-state index is 0.00138. The van der Waals surface area contributed by atoms with E-state index in [1.165, 1.54) is 41.6 Å². The van der Waals surface area contributed by atoms with Crippen LogP contribution in [0.4, 0.5) is 0 Å². The Bertz CT molecular complexity index is 580. The van der Waals surface area contributed by atoms with Gasteiger partial charge in [-0.3, -0.25) is 4.79 Å². The van der Waals surface area contributed by atoms with E-state index < -0.39 is 0 Å². The highest BCUT2D eigenvalue weighted by atomic mass is 16.5. The van der Waals surface area contributed by atoms with E-state index in [0.29, 0.717) is 6.61 Å². The van der Waals surface area contributed by atoms with Crippen LogP contribution in [0.2, 0.25) is 0 Å². The molecule has 0 atom stereocenters. The van der Waals surface area contributed by atoms with Gasteiger partial charge in [-0.05, 0) is 92.1 Å². The molecule has 0 aliphatic heterocycles. The van der Waals surface area contributed by atoms with Gasteiger partial charge in [-0.1, -0.05) is 53.4 Å². The van der Waals surface area contributed by atoms with Crippen LogP contribution in [-0.4, -0.2) is 12.6 Å². The molecule has 1 saturated carbocycles. The Morgan fingerprint density at radius 3 is 1.71 bits per heavy atom. The van der Waals surface area contributed by atoms with Gasteiger partial charge in [0, 0.05) is 0 Å². The van der Waals surface area contributed by atoms with Crippen LogP contribution >= 0.6 is 0 Å². The van der Waals surface area contributed by atoms with Crippen LogP contribution < -0.4 is 0 Å². The molecule has 0 heterocycles. The molecule has 28 heavy (non-hydrogen) atoms. The maximum absolute atomic E-state index is 11.9. The lowest BCUT2D eigenvalue weighted by Gasteiger charge is -2.08. The molecule has 0 bridgehead atoms. The Kier molecular flexibility index (Phi) is 12.6. The molecular formula is C26H42O2. The first-order valence-electron chi connectivity index (χ1n) is 11.2. The molecular weight excluding hydrogens is 344 g/mol. The third-order valence-corrected chi connectivity index (χ3v) is 5.50. The molecule has 0 unspecified atom stereocenters. The summed E-state index contributed by atoms with van der Waals surface area (Å²) in [4.78, 5) is 11.9. The van der Waals surface area contributed by atoms with Crippen molar-refractivity contribution in [3.05, 3.63) is 46.6 Å². The summed E-state index contributed by atoms with van der Waals surface area (Å²) in [6, 6.07) is 0. The Labute approximate surface area is 173 Å². The van der Waals surface area contributed by atoms with Gasteiger partial charge < -0.3 is 4.74 Å². The second-order valence-electron chi connectivity index (χ2n) is 8.66. The second-order valence-corrected chi connectivity index (χ2v) is 8.66. The molecule has 0 saturated heterocycles. The number of allylic oxidation sites excluding steroid dienone is 7. The minimum absolute atomic E-state index is 0.00138. The van der Waals surface area contributed by atoms with Gasteiger partial charge in [0.1, 0.15) is 6.61 Å². The lowest BCUT2D eigenvalue weighted by atomic mass is 10.0. The number of esters is 1. The number of ether oxygens (including phenoxy) is 1. The highest BCUT2D eigenvalue weighted by molar-refractivity contribution is 5.72. The van der Waals surface area contributed by atoms with Crippen LogP contribution in [0.3, 0.4) is 0 Å². The summed E-state index contributed by atoms with van der Waals surface area (Å²) in [6.45, 7) is 11.4. The summed E-state index contributed by atoms with van der Waals surface area (Å²) in [7, 11) is 0. The van der Waals surface area contributed by atoms with Crippen LogP contribution in [0.1, 0.15) is 98.8 Å². The van der Waals surface area contributed by atoms with Crippen molar-refractivity contribution in [2.24, 2.45) is 5.92 Å². The molecule has 0 aromatic heterocycles. The van der Waals surface area contributed by atoms with Crippen LogP contribution in [0.5, 0.6) is 0 Å². The van der Waals surface area contributed by atoms with E-state index in [2.05, 4.69) is 58.9 Å². The average Bonchev–Trinajstić information content (AvgIpc) is 3.16. The zero-order valence-corrected chi connectivity index (χ0v) is 19.0. The third kappa shape index (κ3) is 12.0. The molecule has 1 aliphatic carbocycles. The topological polar surface area (TPSA) is 26.3 Å². The Balaban J connectivity index is 2.18. The van der Waals surface area contributed by atoms with Crippen LogP contribution in [-0.2, 0) is 9.53 Å². The van der Waals surface area contributed by atoms with Gasteiger partial charge in [-0.15, -0.1) is 0 Å². The van der Waals surface area contributed by atoms with E-state index in [1.807, 2.05) is 0 Å². The molecule has 0 spiro atoms. The molecule has 1 fully saturated rings. The molecule has 0 amide bonds. The first-order valence-corrected chi connectivity index (χ1v) is 11.2. The van der Waals surface area contributed by atoms with Gasteiger partial charge in [0.05, 0.1) is 5.92 Å². The van der Waals surface area contributed by atoms with Crippen molar-refractivity contribution < 1.29 is 9.53 Å². The van der Waals surface area contributed by atoms with E-state index in [1.54, 1.807) is 0 Å². The van der Waals surface area contributed by atoms with Crippen molar-refractivity contribution in [2.75, 3.05) is 6.61 Å². The monoisotopic (exact) mass is 386 g/mol. The predicted molar refractivity (Wildman–Crippen MR) is 121 cm³/mol. The van der Waals surface area contributed by atoms with E-state index in [-0.39, 0.29) is 11.9 Å². The molecule has 0 radical (unpaired) electrons. The van der Waals surface area contributed by atoms with Crippen molar-refractivity contribution in [1.29, 1.82) is 0 Å². The fraction of sp³-hybridized carbons (Fsp3) is 0.654. The SMILES string of the molecule is CC(C)=CCCC(C)=CCCC(C)=CCCC(C)=CCOC(=O)C1CCCC1. The van der Waals surface area contributed by atoms with Crippen molar-refractivity contribution in [2.45, 2.75) is 98.8 Å². The number of carbonyl (C=O) groups excluding carboxylic acids is 1. The largest absolute Gasteiger partial charge is 0.461 e. The lowest BCUT2D eigenvalue weighted by molar-refractivity contribution is -0.147. The van der Waals surface area contributed by atoms with Gasteiger partial charge in [0.2, 0.25) is 0 Å². The van der Waals surface area contributed by atoms with E-state index >= 15 is 0 Å². The second kappa shape index (κ2) is 14.4. The quantitative estimate of drug-likeness (QED) is 0.252. The van der Waals surface area contributed by atoms with Crippen molar-refractivity contribution in [3.8, 4) is 0 Å². The number of rotatable bonds is 12. The summed E-state index contributed by atoms with van der Waals surface area (Å²) in [5.74, 6) is 0.158. The summed E-state index contributed by atoms with van der Waals surface area (Å²) in [5.41, 5.74) is 5.67. The minimum Gasteiger partial charge on any atom is -0.461 e. The fourth-order valence-electron chi connectivity index (χ4n) is 3.53. The number of hydrogen-bond acceptors (Lipinski definition) is 2. The average molecular weight is 387 g/mol. The molecule has 0 N–H and O–H groups in total. The molecule has 1 rings (SSSR count). The molecule has 2 nitrogen and oxygen atoms in total. The van der Waals surface area contributed by atoms with Gasteiger partial charge in [-0.2, -0.15) is 0 Å². The van der Waals surface area contributed by atoms with Crippen molar-refractivity contribution >= 4 is 5.97 Å². The Hall–Kier alpha value is -1.57. The Morgan fingerprint density at radius 2 is 1.21 bits per heavy atom. The van der Waals surface area contributed by atoms with Gasteiger partial charge in [0.15, 0.2) is 0 Å². The molecule has 0 aromatic rings. The van der Waals surface area contributed by atoms with E-state index in [0.717, 1.165) is 44.9 Å². The molecule has 158 valence electrons. The predicted octanol–water partition coefficient (Wildman–Crippen LogP) is 7.87. The molecule has 2 heteroatoms. The first kappa shape index (κ1) is 24.5. The van der Waals surface area contributed by atoms with E-state index in [9.17, 15) is 4.79 Å². The third-order valence-electron chi connectivity index (χ3n) is 5.50. The van der Waals surface area contributed by atoms with Crippen molar-refractivity contribution in [1.82, 2.24) is 0 Å². The summed E-state index contributed by atoms with van der Waals surface area (Å²) in [6.07, 6.45) is 20.2. The number of hydrogen-bond donors (Lipinski definition) is 0. The Morgan fingerprint density at radius 1 is 0.750 bits per heavy atom. The number of carbonyl (C=O) groups is 1. The standard InChI is InChI=1S/C26H42O2/c1-21(2)11-8-12-22(3)13-9-14-23(4)15-10-16-24(5)19-20-28-26(27)25-17-6-7-18-25/h11,13,15,19,25H,6-10,12,14,16-18,20H2,1-5H3. The maximum atomic E-state index is 11.9. The van der Waals surface area contributed by atoms with Crippen LogP contribution in [0.25, 0.3) is 0 Å². The van der Waals surface area contributed by atoms with Gasteiger partial charge in [0.25, 0.3) is 0 Å². The van der Waals surface area contributed by atoms with Crippen LogP contribution in [0, 0.1) is 5.92 Å². The highest BCUT2D eigenvalue weighted by Crippen LogP contribution is 2.25. The smallest absolute Gasteiger partial charge is 0.309 e. The van der Waals surface area contributed by atoms with E-state index in [4.69, 9.17) is 4.74 Å².